The molecule has 1 heterocycles. The monoisotopic (exact) mass is 543 g/mol. The molecule has 1 aliphatic rings. The van der Waals surface area contributed by atoms with Crippen molar-refractivity contribution in [3.05, 3.63) is 76.3 Å². The van der Waals surface area contributed by atoms with Gasteiger partial charge in [-0.2, -0.15) is 0 Å². The van der Waals surface area contributed by atoms with Gasteiger partial charge in [0.05, 0.1) is 20.7 Å². The number of nitrogens with zero attached hydrogens (tertiary/aromatic N) is 1. The molecular formula is C22H20ClF2N3O3S3. The van der Waals surface area contributed by atoms with E-state index in [2.05, 4.69) is 9.71 Å². The van der Waals surface area contributed by atoms with Crippen LogP contribution in [0.15, 0.2) is 63.8 Å². The molecule has 0 saturated carbocycles. The maximum Gasteiger partial charge on any atom is 0.266 e. The van der Waals surface area contributed by atoms with Crippen molar-refractivity contribution in [3.8, 4) is 0 Å². The van der Waals surface area contributed by atoms with Gasteiger partial charge in [0, 0.05) is 29.3 Å². The first-order chi connectivity index (χ1) is 16.2. The van der Waals surface area contributed by atoms with Crippen molar-refractivity contribution in [3.63, 3.8) is 0 Å². The van der Waals surface area contributed by atoms with Crippen LogP contribution >= 0.6 is 22.9 Å². The van der Waals surface area contributed by atoms with Crippen LogP contribution in [0.25, 0.3) is 5.57 Å². The summed E-state index contributed by atoms with van der Waals surface area (Å²) in [5.41, 5.74) is 7.94. The number of aromatic nitrogens is 1. The standard InChI is InChI=1S/C22H20ClF2N3O3S3/c23-17-10-21(34(30,31)28-22-27-8-9-32-22)18(25)11-20(17)33(29)12-16-15(2-1-3-19(16)26)13-4-6-14(24)7-5-13/h2,4-11,16,19H,1,3,12,26H2,(H,27,28). The van der Waals surface area contributed by atoms with Crippen molar-refractivity contribution in [2.45, 2.75) is 28.7 Å². The quantitative estimate of drug-likeness (QED) is 0.445. The first-order valence-electron chi connectivity index (χ1n) is 10.2. The van der Waals surface area contributed by atoms with Crippen LogP contribution in [0.2, 0.25) is 5.02 Å². The number of nitrogens with two attached hydrogens (primary N) is 1. The lowest BCUT2D eigenvalue weighted by molar-refractivity contribution is 0.502. The number of nitrogens with one attached hydrogen (secondary N) is 1. The van der Waals surface area contributed by atoms with Crippen LogP contribution in [-0.4, -0.2) is 29.4 Å². The fourth-order valence-electron chi connectivity index (χ4n) is 3.79. The van der Waals surface area contributed by atoms with E-state index in [1.807, 2.05) is 6.08 Å². The van der Waals surface area contributed by atoms with Crippen LogP contribution in [-0.2, 0) is 20.8 Å². The number of hydrogen-bond donors (Lipinski definition) is 2. The summed E-state index contributed by atoms with van der Waals surface area (Å²) in [7, 11) is -6.06. The number of rotatable bonds is 7. The molecule has 34 heavy (non-hydrogen) atoms. The molecule has 0 aliphatic heterocycles. The highest BCUT2D eigenvalue weighted by molar-refractivity contribution is 7.93. The van der Waals surface area contributed by atoms with E-state index in [9.17, 15) is 21.4 Å². The lowest BCUT2D eigenvalue weighted by atomic mass is 9.81. The lowest BCUT2D eigenvalue weighted by Crippen LogP contribution is -2.36. The van der Waals surface area contributed by atoms with Gasteiger partial charge in [-0.15, -0.1) is 11.3 Å². The summed E-state index contributed by atoms with van der Waals surface area (Å²) in [6, 6.07) is 7.47. The number of halogens is 3. The molecule has 0 saturated heterocycles. The molecule has 1 aromatic heterocycles. The number of benzene rings is 2. The lowest BCUT2D eigenvalue weighted by Gasteiger charge is -2.30. The molecule has 2 aromatic carbocycles. The van der Waals surface area contributed by atoms with Crippen molar-refractivity contribution >= 4 is 54.5 Å². The van der Waals surface area contributed by atoms with Crippen LogP contribution in [0.4, 0.5) is 13.9 Å². The molecule has 3 N–H and O–H groups in total. The van der Waals surface area contributed by atoms with Crippen LogP contribution < -0.4 is 10.5 Å². The summed E-state index contributed by atoms with van der Waals surface area (Å²) in [6.45, 7) is 0. The summed E-state index contributed by atoms with van der Waals surface area (Å²) in [5.74, 6) is -1.74. The molecule has 4 rings (SSSR count). The Labute approximate surface area is 207 Å². The molecule has 0 amide bonds. The van der Waals surface area contributed by atoms with E-state index in [0.717, 1.165) is 41.0 Å². The Hall–Kier alpha value is -2.18. The molecule has 3 unspecified atom stereocenters. The van der Waals surface area contributed by atoms with Crippen molar-refractivity contribution < 1.29 is 21.4 Å². The van der Waals surface area contributed by atoms with Crippen molar-refractivity contribution in [1.82, 2.24) is 4.98 Å². The van der Waals surface area contributed by atoms with Gasteiger partial charge in [-0.05, 0) is 48.2 Å². The van der Waals surface area contributed by atoms with E-state index < -0.39 is 31.5 Å². The van der Waals surface area contributed by atoms with Crippen LogP contribution in [0.3, 0.4) is 0 Å². The van der Waals surface area contributed by atoms with Crippen molar-refractivity contribution in [2.75, 3.05) is 10.5 Å². The topological polar surface area (TPSA) is 102 Å². The van der Waals surface area contributed by atoms with E-state index in [1.165, 1.54) is 18.3 Å². The van der Waals surface area contributed by atoms with Gasteiger partial charge in [-0.3, -0.25) is 8.93 Å². The first kappa shape index (κ1) is 24.9. The zero-order chi connectivity index (χ0) is 24.5. The van der Waals surface area contributed by atoms with Gasteiger partial charge in [0.15, 0.2) is 5.13 Å². The van der Waals surface area contributed by atoms with Gasteiger partial charge in [-0.1, -0.05) is 29.8 Å². The maximum atomic E-state index is 14.8. The Morgan fingerprint density at radius 1 is 1.24 bits per heavy atom. The molecular weight excluding hydrogens is 524 g/mol. The maximum absolute atomic E-state index is 14.8. The summed E-state index contributed by atoms with van der Waals surface area (Å²) in [6.07, 6.45) is 4.79. The number of thiazole rings is 1. The van der Waals surface area contributed by atoms with Gasteiger partial charge >= 0.3 is 0 Å². The highest BCUT2D eigenvalue weighted by Crippen LogP contribution is 2.35. The Kier molecular flexibility index (Phi) is 7.48. The SMILES string of the molecule is NC1CCC=C(c2ccc(F)cc2)C1CS(=O)c1cc(F)c(S(=O)(=O)Nc2nccs2)cc1Cl. The third kappa shape index (κ3) is 5.38. The van der Waals surface area contributed by atoms with Crippen molar-refractivity contribution in [2.24, 2.45) is 11.7 Å². The molecule has 180 valence electrons. The second-order valence-electron chi connectivity index (χ2n) is 7.68. The van der Waals surface area contributed by atoms with E-state index in [-0.39, 0.29) is 38.6 Å². The molecule has 0 radical (unpaired) electrons. The Morgan fingerprint density at radius 2 is 1.97 bits per heavy atom. The molecule has 1 aliphatic carbocycles. The zero-order valence-corrected chi connectivity index (χ0v) is 20.8. The predicted octanol–water partition coefficient (Wildman–Crippen LogP) is 4.80. The van der Waals surface area contributed by atoms with Crippen LogP contribution in [0.5, 0.6) is 0 Å². The number of sulfonamides is 1. The van der Waals surface area contributed by atoms with E-state index in [0.29, 0.717) is 6.42 Å². The molecule has 3 atom stereocenters. The van der Waals surface area contributed by atoms with Crippen molar-refractivity contribution in [1.29, 1.82) is 0 Å². The normalized spacial score (nSPS) is 19.5. The minimum atomic E-state index is -4.28. The number of hydrogen-bond acceptors (Lipinski definition) is 6. The second-order valence-corrected chi connectivity index (χ2v) is 12.1. The molecule has 0 fully saturated rings. The average Bonchev–Trinajstić information content (AvgIpc) is 3.29. The third-order valence-electron chi connectivity index (χ3n) is 5.46. The molecule has 0 bridgehead atoms. The fraction of sp³-hybridized carbons (Fsp3) is 0.227. The summed E-state index contributed by atoms with van der Waals surface area (Å²) in [4.78, 5) is 3.12. The average molecular weight is 544 g/mol. The van der Waals surface area contributed by atoms with Crippen LogP contribution in [0, 0.1) is 17.6 Å². The Balaban J connectivity index is 1.60. The minimum Gasteiger partial charge on any atom is -0.327 e. The smallest absolute Gasteiger partial charge is 0.266 e. The molecule has 12 heteroatoms. The predicted molar refractivity (Wildman–Crippen MR) is 131 cm³/mol. The highest BCUT2D eigenvalue weighted by Gasteiger charge is 2.30. The fourth-order valence-corrected chi connectivity index (χ4v) is 7.59. The van der Waals surface area contributed by atoms with Gasteiger partial charge in [0.25, 0.3) is 10.0 Å². The minimum absolute atomic E-state index is 0.0244. The summed E-state index contributed by atoms with van der Waals surface area (Å²) >= 11 is 7.29. The van der Waals surface area contributed by atoms with Gasteiger partial charge in [-0.25, -0.2) is 22.2 Å². The van der Waals surface area contributed by atoms with E-state index in [4.69, 9.17) is 17.3 Å². The Morgan fingerprint density at radius 3 is 2.65 bits per heavy atom. The molecule has 6 nitrogen and oxygen atoms in total. The van der Waals surface area contributed by atoms with Gasteiger partial charge in [0.2, 0.25) is 0 Å². The largest absolute Gasteiger partial charge is 0.327 e. The van der Waals surface area contributed by atoms with Crippen LogP contribution in [0.1, 0.15) is 18.4 Å². The zero-order valence-electron chi connectivity index (χ0n) is 17.6. The Bertz CT molecular complexity index is 1350. The highest BCUT2D eigenvalue weighted by atomic mass is 35.5. The molecule has 0 spiro atoms. The second kappa shape index (κ2) is 10.2. The first-order valence-corrected chi connectivity index (χ1v) is 14.2. The third-order valence-corrected chi connectivity index (χ3v) is 9.55. The number of anilines is 1. The summed E-state index contributed by atoms with van der Waals surface area (Å²) < 4.78 is 68.8. The van der Waals surface area contributed by atoms with Gasteiger partial charge in [0.1, 0.15) is 16.5 Å². The number of allylic oxidation sites excluding steroid dienone is 1. The molecule has 3 aromatic rings. The van der Waals surface area contributed by atoms with Gasteiger partial charge < -0.3 is 5.73 Å². The van der Waals surface area contributed by atoms with E-state index in [1.54, 1.807) is 17.5 Å². The summed E-state index contributed by atoms with van der Waals surface area (Å²) in [5, 5.41) is 1.50. The van der Waals surface area contributed by atoms with E-state index >= 15 is 0 Å².